The van der Waals surface area contributed by atoms with Crippen molar-refractivity contribution in [3.63, 3.8) is 0 Å². The summed E-state index contributed by atoms with van der Waals surface area (Å²) in [6.07, 6.45) is 0.213. The molecule has 2 aromatic carbocycles. The molecule has 1 fully saturated rings. The zero-order valence-corrected chi connectivity index (χ0v) is 13.5. The second-order valence-corrected chi connectivity index (χ2v) is 6.07. The van der Waals surface area contributed by atoms with Crippen LogP contribution >= 0.6 is 11.6 Å². The van der Waals surface area contributed by atoms with E-state index in [9.17, 15) is 9.59 Å². The highest BCUT2D eigenvalue weighted by Gasteiger charge is 2.35. The molecule has 0 aromatic heterocycles. The fraction of sp³-hybridized carbons (Fsp3) is 0.222. The van der Waals surface area contributed by atoms with Crippen LogP contribution in [0.4, 0.5) is 11.4 Å². The number of benzene rings is 2. The third-order valence-corrected chi connectivity index (χ3v) is 4.35. The van der Waals surface area contributed by atoms with E-state index in [1.807, 2.05) is 49.4 Å². The highest BCUT2D eigenvalue weighted by Crippen LogP contribution is 2.29. The summed E-state index contributed by atoms with van der Waals surface area (Å²) in [5.41, 5.74) is 2.33. The number of aryl methyl sites for hydroxylation is 1. The molecule has 4 nitrogen and oxygen atoms in total. The molecule has 1 aliphatic rings. The molecule has 0 unspecified atom stereocenters. The van der Waals surface area contributed by atoms with E-state index < -0.39 is 0 Å². The first-order valence-corrected chi connectivity index (χ1v) is 7.85. The quantitative estimate of drug-likeness (QED) is 0.935. The average Bonchev–Trinajstić information content (AvgIpc) is 2.94. The van der Waals surface area contributed by atoms with E-state index in [0.29, 0.717) is 17.3 Å². The number of hydrogen-bond donors (Lipinski definition) is 1. The van der Waals surface area contributed by atoms with Gasteiger partial charge in [0.1, 0.15) is 0 Å². The van der Waals surface area contributed by atoms with Crippen LogP contribution in [0.25, 0.3) is 0 Å². The van der Waals surface area contributed by atoms with E-state index in [4.69, 9.17) is 11.6 Å². The Balaban J connectivity index is 1.73. The van der Waals surface area contributed by atoms with Crippen molar-refractivity contribution in [2.75, 3.05) is 16.8 Å². The molecule has 1 aliphatic heterocycles. The van der Waals surface area contributed by atoms with Crippen LogP contribution in [0.1, 0.15) is 12.0 Å². The van der Waals surface area contributed by atoms with Crippen molar-refractivity contribution in [2.45, 2.75) is 13.3 Å². The van der Waals surface area contributed by atoms with Crippen LogP contribution in [0.5, 0.6) is 0 Å². The first-order valence-electron chi connectivity index (χ1n) is 7.47. The second kappa shape index (κ2) is 6.42. The Morgan fingerprint density at radius 2 is 1.91 bits per heavy atom. The lowest BCUT2D eigenvalue weighted by atomic mass is 10.1. The zero-order chi connectivity index (χ0) is 16.4. The number of rotatable bonds is 3. The summed E-state index contributed by atoms with van der Waals surface area (Å²) in [7, 11) is 0. The third-order valence-electron chi connectivity index (χ3n) is 4.03. The van der Waals surface area contributed by atoms with Crippen LogP contribution in [-0.2, 0) is 9.59 Å². The number of para-hydroxylation sites is 2. The molecule has 118 valence electrons. The van der Waals surface area contributed by atoms with Crippen molar-refractivity contribution >= 4 is 34.8 Å². The van der Waals surface area contributed by atoms with Crippen molar-refractivity contribution in [1.29, 1.82) is 0 Å². The molecule has 0 radical (unpaired) electrons. The number of halogens is 1. The minimum atomic E-state index is -0.377. The van der Waals surface area contributed by atoms with Gasteiger partial charge in [-0.25, -0.2) is 0 Å². The van der Waals surface area contributed by atoms with Crippen LogP contribution in [0.2, 0.25) is 5.02 Å². The number of anilines is 2. The molecular weight excluding hydrogens is 312 g/mol. The van der Waals surface area contributed by atoms with Gasteiger partial charge in [0.05, 0.1) is 16.6 Å². The van der Waals surface area contributed by atoms with Crippen LogP contribution in [0.3, 0.4) is 0 Å². The topological polar surface area (TPSA) is 49.4 Å². The first-order chi connectivity index (χ1) is 11.1. The Morgan fingerprint density at radius 1 is 1.17 bits per heavy atom. The molecule has 1 saturated heterocycles. The van der Waals surface area contributed by atoms with Gasteiger partial charge in [-0.05, 0) is 30.7 Å². The molecule has 2 aromatic rings. The molecule has 2 amide bonds. The molecular formula is C18H17ClN2O2. The molecule has 0 spiro atoms. The normalized spacial score (nSPS) is 17.4. The zero-order valence-electron chi connectivity index (χ0n) is 12.8. The number of nitrogens with one attached hydrogen (secondary N) is 1. The maximum absolute atomic E-state index is 12.5. The minimum absolute atomic E-state index is 0.0350. The summed E-state index contributed by atoms with van der Waals surface area (Å²) in [5.74, 6) is -0.585. The average molecular weight is 329 g/mol. The summed E-state index contributed by atoms with van der Waals surface area (Å²) in [6.45, 7) is 2.27. The number of carbonyl (C=O) groups is 2. The van der Waals surface area contributed by atoms with Gasteiger partial charge in [0.2, 0.25) is 11.8 Å². The SMILES string of the molecule is Cc1cccc(Cl)c1NC(=O)[C@@H]1CC(=O)N(c2ccccc2)C1. The second-order valence-electron chi connectivity index (χ2n) is 5.66. The summed E-state index contributed by atoms with van der Waals surface area (Å²) in [5, 5.41) is 3.37. The van der Waals surface area contributed by atoms with Crippen LogP contribution in [0, 0.1) is 12.8 Å². The van der Waals surface area contributed by atoms with Crippen molar-refractivity contribution < 1.29 is 9.59 Å². The van der Waals surface area contributed by atoms with Crippen LogP contribution in [-0.4, -0.2) is 18.4 Å². The van der Waals surface area contributed by atoms with Gasteiger partial charge in [-0.15, -0.1) is 0 Å². The van der Waals surface area contributed by atoms with Gasteiger partial charge in [-0.3, -0.25) is 9.59 Å². The molecule has 0 bridgehead atoms. The van der Waals surface area contributed by atoms with Crippen molar-refractivity contribution in [3.05, 3.63) is 59.1 Å². The van der Waals surface area contributed by atoms with E-state index in [1.165, 1.54) is 0 Å². The summed E-state index contributed by atoms with van der Waals surface area (Å²) < 4.78 is 0. The van der Waals surface area contributed by atoms with E-state index >= 15 is 0 Å². The van der Waals surface area contributed by atoms with E-state index in [1.54, 1.807) is 11.0 Å². The maximum atomic E-state index is 12.5. The van der Waals surface area contributed by atoms with E-state index in [-0.39, 0.29) is 24.2 Å². The Morgan fingerprint density at radius 3 is 2.61 bits per heavy atom. The standard InChI is InChI=1S/C18H17ClN2O2/c1-12-6-5-9-15(19)17(12)20-18(23)13-10-16(22)21(11-13)14-7-3-2-4-8-14/h2-9,13H,10-11H2,1H3,(H,20,23)/t13-/m1/s1. The highest BCUT2D eigenvalue weighted by atomic mass is 35.5. The van der Waals surface area contributed by atoms with Gasteiger partial charge in [0.15, 0.2) is 0 Å². The summed E-state index contributed by atoms with van der Waals surface area (Å²) >= 11 is 6.14. The van der Waals surface area contributed by atoms with Gasteiger partial charge in [-0.1, -0.05) is 41.9 Å². The smallest absolute Gasteiger partial charge is 0.229 e. The molecule has 1 N–H and O–H groups in total. The van der Waals surface area contributed by atoms with E-state index in [0.717, 1.165) is 11.3 Å². The molecule has 1 heterocycles. The fourth-order valence-corrected chi connectivity index (χ4v) is 3.03. The molecule has 0 aliphatic carbocycles. The molecule has 23 heavy (non-hydrogen) atoms. The number of amides is 2. The summed E-state index contributed by atoms with van der Waals surface area (Å²) in [6, 6.07) is 14.9. The Kier molecular flexibility index (Phi) is 4.35. The van der Waals surface area contributed by atoms with Gasteiger partial charge in [0, 0.05) is 18.7 Å². The lowest BCUT2D eigenvalue weighted by Crippen LogP contribution is -2.28. The van der Waals surface area contributed by atoms with Crippen LogP contribution < -0.4 is 10.2 Å². The van der Waals surface area contributed by atoms with Crippen molar-refractivity contribution in [1.82, 2.24) is 0 Å². The van der Waals surface area contributed by atoms with Gasteiger partial charge in [0.25, 0.3) is 0 Å². The van der Waals surface area contributed by atoms with Crippen molar-refractivity contribution in [2.24, 2.45) is 5.92 Å². The predicted molar refractivity (Wildman–Crippen MR) is 91.7 cm³/mol. The molecule has 1 atom stereocenters. The lowest BCUT2D eigenvalue weighted by molar-refractivity contribution is -0.122. The first kappa shape index (κ1) is 15.6. The minimum Gasteiger partial charge on any atom is -0.324 e. The predicted octanol–water partition coefficient (Wildman–Crippen LogP) is 3.64. The Hall–Kier alpha value is -2.33. The fourth-order valence-electron chi connectivity index (χ4n) is 2.76. The van der Waals surface area contributed by atoms with Crippen LogP contribution in [0.15, 0.2) is 48.5 Å². The largest absolute Gasteiger partial charge is 0.324 e. The Labute approximate surface area is 140 Å². The van der Waals surface area contributed by atoms with Crippen molar-refractivity contribution in [3.8, 4) is 0 Å². The van der Waals surface area contributed by atoms with Gasteiger partial charge >= 0.3 is 0 Å². The highest BCUT2D eigenvalue weighted by molar-refractivity contribution is 6.34. The lowest BCUT2D eigenvalue weighted by Gasteiger charge is -2.17. The van der Waals surface area contributed by atoms with E-state index in [2.05, 4.69) is 5.32 Å². The summed E-state index contributed by atoms with van der Waals surface area (Å²) in [4.78, 5) is 26.3. The van der Waals surface area contributed by atoms with Gasteiger partial charge < -0.3 is 10.2 Å². The third kappa shape index (κ3) is 3.22. The molecule has 3 rings (SSSR count). The molecule has 0 saturated carbocycles. The number of nitrogens with zero attached hydrogens (tertiary/aromatic N) is 1. The number of hydrogen-bond acceptors (Lipinski definition) is 2. The Bertz CT molecular complexity index is 726. The monoisotopic (exact) mass is 328 g/mol. The maximum Gasteiger partial charge on any atom is 0.229 e. The number of carbonyl (C=O) groups excluding carboxylic acids is 2. The van der Waals surface area contributed by atoms with Gasteiger partial charge in [-0.2, -0.15) is 0 Å². The molecule has 5 heteroatoms.